The Hall–Kier alpha value is -2.14. The van der Waals surface area contributed by atoms with E-state index in [4.69, 9.17) is 9.26 Å². The molecular formula is C16H18N2O3. The Morgan fingerprint density at radius 2 is 2.05 bits per heavy atom. The van der Waals surface area contributed by atoms with Gasteiger partial charge >= 0.3 is 0 Å². The molecule has 1 aliphatic heterocycles. The molecule has 5 heteroatoms. The average Bonchev–Trinajstić information content (AvgIpc) is 3.11. The Labute approximate surface area is 123 Å². The van der Waals surface area contributed by atoms with Crippen molar-refractivity contribution in [3.8, 4) is 11.1 Å². The highest BCUT2D eigenvalue weighted by molar-refractivity contribution is 5.94. The summed E-state index contributed by atoms with van der Waals surface area (Å²) >= 11 is 0. The van der Waals surface area contributed by atoms with E-state index in [-0.39, 0.29) is 12.0 Å². The van der Waals surface area contributed by atoms with E-state index in [0.717, 1.165) is 41.1 Å². The lowest BCUT2D eigenvalue weighted by Gasteiger charge is -2.10. The molecule has 1 aromatic heterocycles. The van der Waals surface area contributed by atoms with Crippen LogP contribution in [-0.4, -0.2) is 23.8 Å². The summed E-state index contributed by atoms with van der Waals surface area (Å²) in [6, 6.07) is 7.68. The van der Waals surface area contributed by atoms with Gasteiger partial charge in [0.25, 0.3) is 5.91 Å². The predicted molar refractivity (Wildman–Crippen MR) is 79.0 cm³/mol. The van der Waals surface area contributed by atoms with Gasteiger partial charge in [-0.2, -0.15) is 0 Å². The number of aryl methyl sites for hydroxylation is 2. The van der Waals surface area contributed by atoms with Crippen molar-refractivity contribution in [2.24, 2.45) is 0 Å². The second-order valence-electron chi connectivity index (χ2n) is 5.27. The molecule has 0 saturated carbocycles. The zero-order valence-electron chi connectivity index (χ0n) is 12.2. The maximum Gasteiger partial charge on any atom is 0.253 e. The van der Waals surface area contributed by atoms with Gasteiger partial charge in [0.15, 0.2) is 0 Å². The minimum atomic E-state index is -0.313. The van der Waals surface area contributed by atoms with E-state index >= 15 is 0 Å². The van der Waals surface area contributed by atoms with Crippen LogP contribution in [0, 0.1) is 13.8 Å². The standard InChI is InChI=1S/C16H18N2O3/c1-10-15(11(2)21-18-10)12-5-7-13(8-6-12)17-16(19)14-4-3-9-20-14/h5-8,14H,3-4,9H2,1-2H3,(H,17,19). The van der Waals surface area contributed by atoms with Crippen molar-refractivity contribution in [1.82, 2.24) is 5.16 Å². The summed E-state index contributed by atoms with van der Waals surface area (Å²) in [4.78, 5) is 12.0. The molecule has 2 heterocycles. The number of hydrogen-bond acceptors (Lipinski definition) is 4. The van der Waals surface area contributed by atoms with E-state index in [1.807, 2.05) is 38.1 Å². The Morgan fingerprint density at radius 3 is 2.62 bits per heavy atom. The number of amides is 1. The topological polar surface area (TPSA) is 64.4 Å². The second-order valence-corrected chi connectivity index (χ2v) is 5.27. The smallest absolute Gasteiger partial charge is 0.253 e. The van der Waals surface area contributed by atoms with Crippen LogP contribution in [0.2, 0.25) is 0 Å². The number of carbonyl (C=O) groups is 1. The maximum absolute atomic E-state index is 12.0. The number of hydrogen-bond donors (Lipinski definition) is 1. The number of benzene rings is 1. The van der Waals surface area contributed by atoms with Crippen LogP contribution in [0.5, 0.6) is 0 Å². The van der Waals surface area contributed by atoms with Crippen LogP contribution in [0.25, 0.3) is 11.1 Å². The van der Waals surface area contributed by atoms with Crippen LogP contribution in [0.15, 0.2) is 28.8 Å². The van der Waals surface area contributed by atoms with E-state index in [0.29, 0.717) is 6.61 Å². The van der Waals surface area contributed by atoms with Crippen molar-refractivity contribution < 1.29 is 14.1 Å². The SMILES string of the molecule is Cc1noc(C)c1-c1ccc(NC(=O)C2CCCO2)cc1. The fraction of sp³-hybridized carbons (Fsp3) is 0.375. The first-order valence-corrected chi connectivity index (χ1v) is 7.11. The number of rotatable bonds is 3. The van der Waals surface area contributed by atoms with Crippen LogP contribution in [-0.2, 0) is 9.53 Å². The third kappa shape index (κ3) is 2.83. The third-order valence-electron chi connectivity index (χ3n) is 3.70. The first-order valence-electron chi connectivity index (χ1n) is 7.11. The Balaban J connectivity index is 1.74. The number of ether oxygens (including phenoxy) is 1. The van der Waals surface area contributed by atoms with Crippen molar-refractivity contribution >= 4 is 11.6 Å². The summed E-state index contributed by atoms with van der Waals surface area (Å²) in [6.07, 6.45) is 1.43. The minimum Gasteiger partial charge on any atom is -0.368 e. The second kappa shape index (κ2) is 5.69. The van der Waals surface area contributed by atoms with Crippen molar-refractivity contribution in [3.05, 3.63) is 35.7 Å². The largest absolute Gasteiger partial charge is 0.368 e. The van der Waals surface area contributed by atoms with Crippen molar-refractivity contribution in [2.45, 2.75) is 32.8 Å². The van der Waals surface area contributed by atoms with Crippen LogP contribution >= 0.6 is 0 Å². The molecule has 1 saturated heterocycles. The lowest BCUT2D eigenvalue weighted by atomic mass is 10.0. The first kappa shape index (κ1) is 13.8. The highest BCUT2D eigenvalue weighted by Gasteiger charge is 2.23. The summed E-state index contributed by atoms with van der Waals surface area (Å²) in [6.45, 7) is 4.48. The number of carbonyl (C=O) groups excluding carboxylic acids is 1. The molecule has 3 rings (SSSR count). The summed E-state index contributed by atoms with van der Waals surface area (Å²) in [5.41, 5.74) is 3.67. The highest BCUT2D eigenvalue weighted by atomic mass is 16.5. The summed E-state index contributed by atoms with van der Waals surface area (Å²) in [7, 11) is 0. The number of nitrogens with one attached hydrogen (secondary N) is 1. The van der Waals surface area contributed by atoms with Gasteiger partial charge in [0, 0.05) is 17.9 Å². The molecule has 1 N–H and O–H groups in total. The van der Waals surface area contributed by atoms with E-state index < -0.39 is 0 Å². The van der Waals surface area contributed by atoms with Gasteiger partial charge in [0.1, 0.15) is 11.9 Å². The molecule has 0 spiro atoms. The molecule has 1 fully saturated rings. The van der Waals surface area contributed by atoms with E-state index in [2.05, 4.69) is 10.5 Å². The molecule has 5 nitrogen and oxygen atoms in total. The minimum absolute atomic E-state index is 0.0717. The lowest BCUT2D eigenvalue weighted by Crippen LogP contribution is -2.26. The number of anilines is 1. The molecule has 1 aromatic carbocycles. The fourth-order valence-corrected chi connectivity index (χ4v) is 2.62. The molecule has 0 bridgehead atoms. The van der Waals surface area contributed by atoms with E-state index in [1.54, 1.807) is 0 Å². The number of aromatic nitrogens is 1. The first-order chi connectivity index (χ1) is 10.1. The lowest BCUT2D eigenvalue weighted by molar-refractivity contribution is -0.124. The van der Waals surface area contributed by atoms with Gasteiger partial charge in [-0.15, -0.1) is 0 Å². The molecule has 1 amide bonds. The van der Waals surface area contributed by atoms with Gasteiger partial charge in [-0.3, -0.25) is 4.79 Å². The van der Waals surface area contributed by atoms with E-state index in [1.165, 1.54) is 0 Å². The normalized spacial score (nSPS) is 17.9. The van der Waals surface area contributed by atoms with Crippen molar-refractivity contribution in [1.29, 1.82) is 0 Å². The van der Waals surface area contributed by atoms with Crippen LogP contribution in [0.4, 0.5) is 5.69 Å². The molecule has 1 atom stereocenters. The van der Waals surface area contributed by atoms with Gasteiger partial charge in [-0.25, -0.2) is 0 Å². The quantitative estimate of drug-likeness (QED) is 0.941. The zero-order valence-corrected chi connectivity index (χ0v) is 12.2. The summed E-state index contributed by atoms with van der Waals surface area (Å²) in [5.74, 6) is 0.723. The Kier molecular flexibility index (Phi) is 3.75. The van der Waals surface area contributed by atoms with Gasteiger partial charge in [0.05, 0.1) is 5.69 Å². The van der Waals surface area contributed by atoms with Crippen molar-refractivity contribution in [3.63, 3.8) is 0 Å². The van der Waals surface area contributed by atoms with Crippen LogP contribution in [0.1, 0.15) is 24.3 Å². The van der Waals surface area contributed by atoms with Gasteiger partial charge in [0.2, 0.25) is 0 Å². The molecule has 21 heavy (non-hydrogen) atoms. The van der Waals surface area contributed by atoms with Gasteiger partial charge in [-0.1, -0.05) is 17.3 Å². The monoisotopic (exact) mass is 286 g/mol. The molecule has 110 valence electrons. The average molecular weight is 286 g/mol. The number of nitrogens with zero attached hydrogens (tertiary/aromatic N) is 1. The molecule has 0 aliphatic carbocycles. The summed E-state index contributed by atoms with van der Waals surface area (Å²) in [5, 5.41) is 6.84. The van der Waals surface area contributed by atoms with Crippen LogP contribution < -0.4 is 5.32 Å². The zero-order chi connectivity index (χ0) is 14.8. The Bertz CT molecular complexity index is 621. The fourth-order valence-electron chi connectivity index (χ4n) is 2.62. The van der Waals surface area contributed by atoms with Crippen LogP contribution in [0.3, 0.4) is 0 Å². The molecule has 1 unspecified atom stereocenters. The third-order valence-corrected chi connectivity index (χ3v) is 3.70. The van der Waals surface area contributed by atoms with Gasteiger partial charge < -0.3 is 14.6 Å². The predicted octanol–water partition coefficient (Wildman–Crippen LogP) is 3.08. The molecular weight excluding hydrogens is 268 g/mol. The highest BCUT2D eigenvalue weighted by Crippen LogP contribution is 2.28. The Morgan fingerprint density at radius 1 is 1.29 bits per heavy atom. The van der Waals surface area contributed by atoms with E-state index in [9.17, 15) is 4.79 Å². The molecule has 0 radical (unpaired) electrons. The molecule has 1 aliphatic rings. The van der Waals surface area contributed by atoms with Crippen molar-refractivity contribution in [2.75, 3.05) is 11.9 Å². The maximum atomic E-state index is 12.0. The summed E-state index contributed by atoms with van der Waals surface area (Å²) < 4.78 is 10.5. The molecule has 2 aromatic rings. The van der Waals surface area contributed by atoms with Gasteiger partial charge in [-0.05, 0) is 44.4 Å².